The van der Waals surface area contributed by atoms with Crippen molar-refractivity contribution in [2.75, 3.05) is 6.54 Å². The summed E-state index contributed by atoms with van der Waals surface area (Å²) in [6, 6.07) is 0. The van der Waals surface area contributed by atoms with Crippen LogP contribution in [0.2, 0.25) is 0 Å². The second kappa shape index (κ2) is 9.20. The Hall–Kier alpha value is -1.88. The van der Waals surface area contributed by atoms with E-state index in [2.05, 4.69) is 18.3 Å². The predicted octanol–water partition coefficient (Wildman–Crippen LogP) is 4.73. The maximum atomic E-state index is 13.3. The summed E-state index contributed by atoms with van der Waals surface area (Å²) in [6.07, 6.45) is 2.65. The maximum absolute atomic E-state index is 13.3. The highest BCUT2D eigenvalue weighted by Crippen LogP contribution is 2.34. The van der Waals surface area contributed by atoms with Crippen LogP contribution in [0.3, 0.4) is 0 Å². The molecule has 0 radical (unpaired) electrons. The molecule has 2 nitrogen and oxygen atoms in total. The van der Waals surface area contributed by atoms with E-state index in [0.29, 0.717) is 5.57 Å². The number of hydrogen-bond donors (Lipinski definition) is 1. The second-order valence-electron chi connectivity index (χ2n) is 4.89. The number of halogens is 3. The van der Waals surface area contributed by atoms with E-state index >= 15 is 0 Å². The first-order valence-electron chi connectivity index (χ1n) is 6.85. The Morgan fingerprint density at radius 3 is 2.23 bits per heavy atom. The van der Waals surface area contributed by atoms with E-state index in [4.69, 9.17) is 5.73 Å². The second-order valence-corrected chi connectivity index (χ2v) is 4.89. The molecule has 0 aliphatic rings. The van der Waals surface area contributed by atoms with E-state index in [1.165, 1.54) is 6.08 Å². The molecule has 0 heterocycles. The minimum Gasteiger partial charge on any atom is -0.327 e. The highest BCUT2D eigenvalue weighted by atomic mass is 19.4. The van der Waals surface area contributed by atoms with Crippen molar-refractivity contribution in [3.05, 3.63) is 59.4 Å². The third-order valence-corrected chi connectivity index (χ3v) is 2.96. The van der Waals surface area contributed by atoms with Crippen molar-refractivity contribution in [2.24, 2.45) is 16.6 Å². The van der Waals surface area contributed by atoms with Gasteiger partial charge >= 0.3 is 6.18 Å². The van der Waals surface area contributed by atoms with Crippen LogP contribution in [0.1, 0.15) is 20.8 Å². The van der Waals surface area contributed by atoms with Crippen molar-refractivity contribution in [3.63, 3.8) is 0 Å². The molecule has 0 rings (SSSR count). The fourth-order valence-corrected chi connectivity index (χ4v) is 1.96. The third-order valence-electron chi connectivity index (χ3n) is 2.96. The first-order valence-corrected chi connectivity index (χ1v) is 6.85. The highest BCUT2D eigenvalue weighted by Gasteiger charge is 2.35. The van der Waals surface area contributed by atoms with Crippen molar-refractivity contribution in [1.29, 1.82) is 0 Å². The molecule has 0 amide bonds. The lowest BCUT2D eigenvalue weighted by atomic mass is 9.93. The van der Waals surface area contributed by atoms with E-state index in [0.717, 1.165) is 11.6 Å². The number of hydrogen-bond acceptors (Lipinski definition) is 2. The van der Waals surface area contributed by atoms with E-state index in [9.17, 15) is 13.2 Å². The summed E-state index contributed by atoms with van der Waals surface area (Å²) in [5.74, 6) is 0.0286. The minimum atomic E-state index is -4.53. The molecular formula is C17H23F3N2. The van der Waals surface area contributed by atoms with E-state index in [1.54, 1.807) is 25.2 Å². The first kappa shape index (κ1) is 20.1. The Morgan fingerprint density at radius 1 is 1.27 bits per heavy atom. The molecule has 0 bridgehead atoms. The van der Waals surface area contributed by atoms with Crippen LogP contribution < -0.4 is 5.73 Å². The van der Waals surface area contributed by atoms with Crippen LogP contribution >= 0.6 is 0 Å². The topological polar surface area (TPSA) is 38.4 Å². The largest absolute Gasteiger partial charge is 0.418 e. The van der Waals surface area contributed by atoms with E-state index in [1.807, 2.05) is 13.8 Å². The lowest BCUT2D eigenvalue weighted by Crippen LogP contribution is -2.14. The lowest BCUT2D eigenvalue weighted by Gasteiger charge is -2.17. The predicted molar refractivity (Wildman–Crippen MR) is 87.7 cm³/mol. The summed E-state index contributed by atoms with van der Waals surface area (Å²) in [5.41, 5.74) is 5.39. The smallest absolute Gasteiger partial charge is 0.327 e. The lowest BCUT2D eigenvalue weighted by molar-refractivity contribution is -0.0889. The van der Waals surface area contributed by atoms with Gasteiger partial charge in [-0.05, 0) is 30.7 Å². The van der Waals surface area contributed by atoms with Crippen LogP contribution in [0.4, 0.5) is 13.2 Å². The van der Waals surface area contributed by atoms with Gasteiger partial charge in [0.1, 0.15) is 0 Å². The van der Waals surface area contributed by atoms with Crippen LogP contribution in [0.5, 0.6) is 0 Å². The van der Waals surface area contributed by atoms with Crippen LogP contribution in [0.25, 0.3) is 0 Å². The zero-order chi connectivity index (χ0) is 17.3. The molecule has 122 valence electrons. The fraction of sp³-hybridized carbons (Fsp3) is 0.353. The van der Waals surface area contributed by atoms with Gasteiger partial charge in [0.05, 0.1) is 11.3 Å². The van der Waals surface area contributed by atoms with Crippen molar-refractivity contribution >= 4 is 6.72 Å². The van der Waals surface area contributed by atoms with Crippen molar-refractivity contribution in [2.45, 2.75) is 26.9 Å². The standard InChI is InChI=1S/C17H23F3N2/c1-6-7-9-14(12(2)3)13(4)16(22-5)15(10-8-11-21)17(18,19)20/h6-10,12H,1,5,11,21H2,2-4H3/b9-7-,10-8-,14-13-,16-15+. The molecule has 2 N–H and O–H groups in total. The quantitative estimate of drug-likeness (QED) is 0.535. The van der Waals surface area contributed by atoms with Crippen molar-refractivity contribution in [3.8, 4) is 0 Å². The number of aliphatic imine (C=N–C) groups is 1. The highest BCUT2D eigenvalue weighted by molar-refractivity contribution is 5.49. The number of rotatable bonds is 7. The summed E-state index contributed by atoms with van der Waals surface area (Å²) in [4.78, 5) is 3.62. The molecule has 0 aromatic carbocycles. The zero-order valence-corrected chi connectivity index (χ0v) is 13.2. The average Bonchev–Trinajstić information content (AvgIpc) is 2.41. The van der Waals surface area contributed by atoms with E-state index in [-0.39, 0.29) is 18.2 Å². The van der Waals surface area contributed by atoms with Gasteiger partial charge in [0.15, 0.2) is 0 Å². The molecular weight excluding hydrogens is 289 g/mol. The van der Waals surface area contributed by atoms with Gasteiger partial charge in [-0.15, -0.1) is 0 Å². The van der Waals surface area contributed by atoms with Crippen LogP contribution in [-0.4, -0.2) is 19.4 Å². The normalized spacial score (nSPS) is 15.3. The molecule has 0 fully saturated rings. The van der Waals surface area contributed by atoms with Gasteiger partial charge in [-0.25, -0.2) is 0 Å². The van der Waals surface area contributed by atoms with Gasteiger partial charge in [0, 0.05) is 6.54 Å². The molecule has 22 heavy (non-hydrogen) atoms. The van der Waals surface area contributed by atoms with Gasteiger partial charge in [0.2, 0.25) is 0 Å². The Balaban J connectivity index is 6.42. The zero-order valence-electron chi connectivity index (χ0n) is 13.2. The van der Waals surface area contributed by atoms with E-state index < -0.39 is 11.7 Å². The Labute approximate surface area is 130 Å². The number of nitrogens with two attached hydrogens (primary N) is 1. The van der Waals surface area contributed by atoms with Gasteiger partial charge < -0.3 is 5.73 Å². The van der Waals surface area contributed by atoms with Gasteiger partial charge in [-0.2, -0.15) is 13.2 Å². The number of allylic oxidation sites excluding steroid dienone is 7. The maximum Gasteiger partial charge on any atom is 0.418 e. The molecule has 5 heteroatoms. The molecule has 0 aromatic rings. The minimum absolute atomic E-state index is 0.0141. The number of alkyl halides is 3. The van der Waals surface area contributed by atoms with Crippen LogP contribution in [-0.2, 0) is 0 Å². The molecule has 0 aromatic heterocycles. The van der Waals surface area contributed by atoms with Crippen LogP contribution in [0, 0.1) is 5.92 Å². The van der Waals surface area contributed by atoms with Crippen LogP contribution in [0.15, 0.2) is 64.4 Å². The molecule has 0 aliphatic carbocycles. The molecule has 0 unspecified atom stereocenters. The fourth-order valence-electron chi connectivity index (χ4n) is 1.96. The molecule has 0 saturated heterocycles. The van der Waals surface area contributed by atoms with Gasteiger partial charge in [-0.3, -0.25) is 4.99 Å². The summed E-state index contributed by atoms with van der Waals surface area (Å²) < 4.78 is 39.8. The summed E-state index contributed by atoms with van der Waals surface area (Å²) in [7, 11) is 0. The third kappa shape index (κ3) is 5.85. The molecule has 0 aliphatic heterocycles. The molecule has 0 saturated carbocycles. The Bertz CT molecular complexity index is 519. The summed E-state index contributed by atoms with van der Waals surface area (Å²) in [5, 5.41) is 0. The average molecular weight is 312 g/mol. The summed E-state index contributed by atoms with van der Waals surface area (Å²) >= 11 is 0. The van der Waals surface area contributed by atoms with Gasteiger partial charge in [0.25, 0.3) is 0 Å². The monoisotopic (exact) mass is 312 g/mol. The van der Waals surface area contributed by atoms with Crippen molar-refractivity contribution in [1.82, 2.24) is 0 Å². The van der Waals surface area contributed by atoms with Gasteiger partial charge in [-0.1, -0.05) is 50.8 Å². The Kier molecular flexibility index (Phi) is 8.42. The summed E-state index contributed by atoms with van der Waals surface area (Å²) in [6.45, 7) is 12.3. The van der Waals surface area contributed by atoms with Crippen molar-refractivity contribution < 1.29 is 13.2 Å². The SMILES string of the molecule is C=C\C=C/C(=C(C)/C(N=C)=C(/C=C\CN)C(F)(F)F)C(C)C. The molecule has 0 atom stereocenters. The first-order chi connectivity index (χ1) is 10.2. The molecule has 0 spiro atoms. The number of nitrogens with zero attached hydrogens (tertiary/aromatic N) is 1. The Morgan fingerprint density at radius 2 is 1.86 bits per heavy atom.